The number of hydrogen-bond acceptors (Lipinski definition) is 7. The monoisotopic (exact) mass is 759 g/mol. The van der Waals surface area contributed by atoms with Crippen molar-refractivity contribution in [1.82, 2.24) is 20.0 Å². The standard InChI is InChI=1S/C34H43Br2N5O5/c35-28-19-23(20-29(36)31(28)43)22-46-33(45)41-17-10-27(40-16-9-26-3-1-2-4-30(26)38-32(40)44)21-34(41,11-18-42)39-14-7-25(8-15-39)24-5-12-37-13-6-24/h1-4,18-20,24-25,27,37,43H,5-17,21-22H2,(H,38,44)/t27-,34+/m1/s1. The molecule has 0 aromatic heterocycles. The number of piperidine rings is 3. The van der Waals surface area contributed by atoms with Crippen LogP contribution in [0.5, 0.6) is 5.75 Å². The Morgan fingerprint density at radius 1 is 1.00 bits per heavy atom. The first-order chi connectivity index (χ1) is 22.3. The van der Waals surface area contributed by atoms with E-state index in [9.17, 15) is 19.5 Å². The number of likely N-dealkylation sites (tertiary alicyclic amines) is 2. The molecule has 0 spiro atoms. The van der Waals surface area contributed by atoms with E-state index in [1.807, 2.05) is 29.2 Å². The highest BCUT2D eigenvalue weighted by atomic mass is 79.9. The number of rotatable bonds is 7. The Hall–Kier alpha value is -2.67. The van der Waals surface area contributed by atoms with Crippen LogP contribution in [0.3, 0.4) is 0 Å². The van der Waals surface area contributed by atoms with Crippen molar-refractivity contribution in [3.05, 3.63) is 56.5 Å². The maximum absolute atomic E-state index is 14.0. The Labute approximate surface area is 287 Å². The van der Waals surface area contributed by atoms with Crippen LogP contribution >= 0.6 is 31.9 Å². The number of aldehydes is 1. The van der Waals surface area contributed by atoms with Crippen molar-refractivity contribution < 1.29 is 24.2 Å². The summed E-state index contributed by atoms with van der Waals surface area (Å²) in [5, 5.41) is 16.7. The normalized spacial score (nSPS) is 25.0. The smallest absolute Gasteiger partial charge is 0.411 e. The van der Waals surface area contributed by atoms with Crippen molar-refractivity contribution in [3.63, 3.8) is 0 Å². The van der Waals surface area contributed by atoms with Crippen molar-refractivity contribution in [2.24, 2.45) is 11.8 Å². The Kier molecular flexibility index (Phi) is 10.6. The van der Waals surface area contributed by atoms with Gasteiger partial charge in [0.05, 0.1) is 8.95 Å². The first-order valence-corrected chi connectivity index (χ1v) is 18.0. The van der Waals surface area contributed by atoms with E-state index in [1.54, 1.807) is 17.0 Å². The first kappa shape index (κ1) is 33.2. The number of nitrogens with one attached hydrogen (secondary N) is 2. The summed E-state index contributed by atoms with van der Waals surface area (Å²) in [5.41, 5.74) is 1.74. The van der Waals surface area contributed by atoms with Crippen molar-refractivity contribution in [2.75, 3.05) is 44.6 Å². The number of para-hydroxylation sites is 1. The van der Waals surface area contributed by atoms with Crippen LogP contribution in [0, 0.1) is 11.8 Å². The van der Waals surface area contributed by atoms with Crippen LogP contribution in [0.4, 0.5) is 15.3 Å². The fourth-order valence-electron chi connectivity index (χ4n) is 8.12. The fourth-order valence-corrected chi connectivity index (χ4v) is 9.41. The molecule has 0 radical (unpaired) electrons. The number of anilines is 1. The quantitative estimate of drug-likeness (QED) is 0.292. The van der Waals surface area contributed by atoms with Gasteiger partial charge in [0.2, 0.25) is 0 Å². The highest BCUT2D eigenvalue weighted by Crippen LogP contribution is 2.42. The number of ether oxygens (including phenoxy) is 1. The summed E-state index contributed by atoms with van der Waals surface area (Å²) in [4.78, 5) is 46.1. The van der Waals surface area contributed by atoms with E-state index in [0.29, 0.717) is 52.3 Å². The number of phenolic OH excluding ortho intramolecular Hbond substituents is 1. The number of hydrogen-bond donors (Lipinski definition) is 3. The third-order valence-corrected chi connectivity index (χ3v) is 11.8. The molecule has 0 bridgehead atoms. The average molecular weight is 762 g/mol. The van der Waals surface area contributed by atoms with Crippen LogP contribution in [0.15, 0.2) is 45.3 Å². The molecule has 2 aromatic carbocycles. The topological polar surface area (TPSA) is 114 Å². The van der Waals surface area contributed by atoms with E-state index < -0.39 is 11.8 Å². The molecule has 3 N–H and O–H groups in total. The number of aromatic hydroxyl groups is 1. The van der Waals surface area contributed by atoms with Crippen LogP contribution < -0.4 is 10.6 Å². The second kappa shape index (κ2) is 14.6. The maximum Gasteiger partial charge on any atom is 0.411 e. The third-order valence-electron chi connectivity index (χ3n) is 10.6. The van der Waals surface area contributed by atoms with Gasteiger partial charge in [0.25, 0.3) is 0 Å². The Balaban J connectivity index is 1.24. The number of carbonyl (C=O) groups is 3. The van der Waals surface area contributed by atoms with Gasteiger partial charge in [0, 0.05) is 50.7 Å². The van der Waals surface area contributed by atoms with E-state index in [4.69, 9.17) is 4.74 Å². The van der Waals surface area contributed by atoms with Gasteiger partial charge in [-0.2, -0.15) is 0 Å². The van der Waals surface area contributed by atoms with Crippen molar-refractivity contribution in [3.8, 4) is 5.75 Å². The minimum absolute atomic E-state index is 0.0119. The number of carbonyl (C=O) groups excluding carboxylic acids is 3. The molecule has 3 fully saturated rings. The molecule has 248 valence electrons. The molecule has 12 heteroatoms. The number of fused-ring (bicyclic) bond motifs is 1. The summed E-state index contributed by atoms with van der Waals surface area (Å²) in [7, 11) is 0. The van der Waals surface area contributed by atoms with Gasteiger partial charge in [-0.25, -0.2) is 9.59 Å². The molecule has 3 amide bonds. The molecule has 4 heterocycles. The van der Waals surface area contributed by atoms with E-state index in [-0.39, 0.29) is 30.9 Å². The van der Waals surface area contributed by atoms with E-state index in [1.165, 1.54) is 12.8 Å². The summed E-state index contributed by atoms with van der Waals surface area (Å²) in [6.07, 6.45) is 6.81. The molecule has 6 rings (SSSR count). The van der Waals surface area contributed by atoms with Gasteiger partial charge >= 0.3 is 12.1 Å². The van der Waals surface area contributed by atoms with Gasteiger partial charge in [-0.3, -0.25) is 9.80 Å². The molecule has 3 saturated heterocycles. The van der Waals surface area contributed by atoms with Crippen LogP contribution in [-0.4, -0.2) is 89.2 Å². The van der Waals surface area contributed by atoms with Crippen LogP contribution in [0.1, 0.15) is 56.1 Å². The lowest BCUT2D eigenvalue weighted by Crippen LogP contribution is -2.69. The molecule has 0 saturated carbocycles. The molecular weight excluding hydrogens is 718 g/mol. The van der Waals surface area contributed by atoms with Gasteiger partial charge in [-0.05, 0) is 125 Å². The molecule has 0 unspecified atom stereocenters. The van der Waals surface area contributed by atoms with E-state index >= 15 is 0 Å². The molecule has 2 atom stereocenters. The number of benzene rings is 2. The molecule has 4 aliphatic rings. The second-order valence-electron chi connectivity index (χ2n) is 13.1. The lowest BCUT2D eigenvalue weighted by Gasteiger charge is -2.56. The summed E-state index contributed by atoms with van der Waals surface area (Å²) in [5.74, 6) is 1.42. The summed E-state index contributed by atoms with van der Waals surface area (Å²) in [6.45, 7) is 4.65. The SMILES string of the molecule is O=CC[C@@]1(N2CCC(C3CCNCC3)CC2)C[C@H](N2CCc3ccccc3NC2=O)CCN1C(=O)OCc1cc(Br)c(O)c(Br)c1. The van der Waals surface area contributed by atoms with Gasteiger partial charge in [-0.15, -0.1) is 0 Å². The van der Waals surface area contributed by atoms with Crippen molar-refractivity contribution >= 4 is 56.0 Å². The molecule has 2 aromatic rings. The van der Waals surface area contributed by atoms with E-state index in [2.05, 4.69) is 47.4 Å². The highest BCUT2D eigenvalue weighted by molar-refractivity contribution is 9.11. The average Bonchev–Trinajstić information content (AvgIpc) is 3.24. The molecule has 0 aliphatic carbocycles. The minimum Gasteiger partial charge on any atom is -0.506 e. The number of halogens is 2. The van der Waals surface area contributed by atoms with Crippen LogP contribution in [0.2, 0.25) is 0 Å². The van der Waals surface area contributed by atoms with Gasteiger partial charge in [-0.1, -0.05) is 18.2 Å². The lowest BCUT2D eigenvalue weighted by molar-refractivity contribution is -0.128. The van der Waals surface area contributed by atoms with Gasteiger partial charge in [0.15, 0.2) is 0 Å². The molecule has 46 heavy (non-hydrogen) atoms. The van der Waals surface area contributed by atoms with Crippen LogP contribution in [-0.2, 0) is 22.6 Å². The zero-order valence-corrected chi connectivity index (χ0v) is 29.2. The van der Waals surface area contributed by atoms with Crippen molar-refractivity contribution in [1.29, 1.82) is 0 Å². The summed E-state index contributed by atoms with van der Waals surface area (Å²) in [6, 6.07) is 11.1. The lowest BCUT2D eigenvalue weighted by atomic mass is 9.77. The number of nitrogens with zero attached hydrogens (tertiary/aromatic N) is 3. The fraction of sp³-hybridized carbons (Fsp3) is 0.559. The summed E-state index contributed by atoms with van der Waals surface area (Å²) < 4.78 is 6.91. The molecular formula is C34H43Br2N5O5. The first-order valence-electron chi connectivity index (χ1n) is 16.5. The predicted molar refractivity (Wildman–Crippen MR) is 183 cm³/mol. The highest BCUT2D eigenvalue weighted by Gasteiger charge is 2.52. The predicted octanol–water partition coefficient (Wildman–Crippen LogP) is 6.11. The Bertz CT molecular complexity index is 1410. The van der Waals surface area contributed by atoms with Crippen molar-refractivity contribution in [2.45, 2.75) is 69.7 Å². The van der Waals surface area contributed by atoms with Crippen LogP contribution in [0.25, 0.3) is 0 Å². The zero-order valence-electron chi connectivity index (χ0n) is 26.1. The Morgan fingerprint density at radius 2 is 1.70 bits per heavy atom. The minimum atomic E-state index is -0.906. The van der Waals surface area contributed by atoms with E-state index in [0.717, 1.165) is 63.0 Å². The number of phenols is 1. The maximum atomic E-state index is 14.0. The molecule has 10 nitrogen and oxygen atoms in total. The van der Waals surface area contributed by atoms with Gasteiger partial charge < -0.3 is 30.2 Å². The Morgan fingerprint density at radius 3 is 2.41 bits per heavy atom. The third kappa shape index (κ3) is 6.95. The zero-order chi connectivity index (χ0) is 32.3. The summed E-state index contributed by atoms with van der Waals surface area (Å²) >= 11 is 6.70. The van der Waals surface area contributed by atoms with Gasteiger partial charge in [0.1, 0.15) is 24.3 Å². The molecule has 4 aliphatic heterocycles. The second-order valence-corrected chi connectivity index (χ2v) is 14.8. The number of urea groups is 1. The number of amides is 3. The largest absolute Gasteiger partial charge is 0.506 e.